The van der Waals surface area contributed by atoms with Crippen LogP contribution in [0.3, 0.4) is 0 Å². The van der Waals surface area contributed by atoms with E-state index in [2.05, 4.69) is 0 Å². The van der Waals surface area contributed by atoms with Crippen LogP contribution in [0.5, 0.6) is 0 Å². The number of carbonyl (C=O) groups excluding carboxylic acids is 1. The number of carboxylic acids is 1. The molecule has 1 N–H and O–H groups in total. The Morgan fingerprint density at radius 2 is 2.40 bits per heavy atom. The van der Waals surface area contributed by atoms with E-state index in [0.29, 0.717) is 23.5 Å². The molecule has 0 spiro atoms. The summed E-state index contributed by atoms with van der Waals surface area (Å²) in [6, 6.07) is 2.52. The minimum atomic E-state index is -1.04. The maximum atomic E-state index is 12.3. The van der Waals surface area contributed by atoms with Crippen molar-refractivity contribution in [1.29, 1.82) is 0 Å². The molecular formula is C13H13NO4S2. The second-order valence-corrected chi connectivity index (χ2v) is 5.89. The summed E-state index contributed by atoms with van der Waals surface area (Å²) in [5, 5.41) is 9.24. The van der Waals surface area contributed by atoms with E-state index in [9.17, 15) is 14.7 Å². The van der Waals surface area contributed by atoms with Gasteiger partial charge in [-0.1, -0.05) is 37.3 Å². The van der Waals surface area contributed by atoms with Gasteiger partial charge in [-0.3, -0.25) is 9.69 Å². The topological polar surface area (TPSA) is 70.8 Å². The molecule has 1 aliphatic heterocycles. The van der Waals surface area contributed by atoms with Crippen molar-refractivity contribution in [3.8, 4) is 0 Å². The van der Waals surface area contributed by atoms with Crippen LogP contribution >= 0.6 is 24.0 Å². The first-order valence-electron chi connectivity index (χ1n) is 6.08. The lowest BCUT2D eigenvalue weighted by Gasteiger charge is -2.22. The number of amides is 1. The molecule has 1 amide bonds. The lowest BCUT2D eigenvalue weighted by molar-refractivity contribution is -0.145. The molecule has 1 aromatic heterocycles. The molecule has 0 saturated carbocycles. The van der Waals surface area contributed by atoms with E-state index in [1.165, 1.54) is 11.2 Å². The van der Waals surface area contributed by atoms with Crippen molar-refractivity contribution in [3.05, 3.63) is 29.1 Å². The summed E-state index contributed by atoms with van der Waals surface area (Å²) in [6.07, 6.45) is 4.11. The number of carboxylic acid groups (broad SMARTS) is 1. The van der Waals surface area contributed by atoms with Crippen LogP contribution in [0.15, 0.2) is 27.7 Å². The van der Waals surface area contributed by atoms with E-state index >= 15 is 0 Å². The van der Waals surface area contributed by atoms with Gasteiger partial charge in [0.25, 0.3) is 5.91 Å². The predicted molar refractivity (Wildman–Crippen MR) is 80.1 cm³/mol. The second-order valence-electron chi connectivity index (χ2n) is 4.21. The summed E-state index contributed by atoms with van der Waals surface area (Å²) < 4.78 is 5.42. The average Bonchev–Trinajstić information content (AvgIpc) is 2.98. The van der Waals surface area contributed by atoms with Gasteiger partial charge >= 0.3 is 5.97 Å². The van der Waals surface area contributed by atoms with Crippen molar-refractivity contribution in [2.45, 2.75) is 25.8 Å². The molecule has 1 aromatic rings. The van der Waals surface area contributed by atoms with Gasteiger partial charge in [0.05, 0.1) is 11.2 Å². The summed E-state index contributed by atoms with van der Waals surface area (Å²) in [7, 11) is 0. The molecule has 0 radical (unpaired) electrons. The van der Waals surface area contributed by atoms with Gasteiger partial charge in [0, 0.05) is 6.08 Å². The fourth-order valence-electron chi connectivity index (χ4n) is 1.89. The van der Waals surface area contributed by atoms with E-state index in [-0.39, 0.29) is 10.2 Å². The zero-order valence-electron chi connectivity index (χ0n) is 10.7. The predicted octanol–water partition coefficient (Wildman–Crippen LogP) is 2.73. The van der Waals surface area contributed by atoms with Gasteiger partial charge in [0.1, 0.15) is 16.1 Å². The Bertz CT molecular complexity index is 565. The molecule has 0 unspecified atom stereocenters. The molecule has 20 heavy (non-hydrogen) atoms. The minimum Gasteiger partial charge on any atom is -0.480 e. The van der Waals surface area contributed by atoms with E-state index in [1.54, 1.807) is 18.2 Å². The first-order chi connectivity index (χ1) is 9.54. The van der Waals surface area contributed by atoms with Gasteiger partial charge in [-0.15, -0.1) is 0 Å². The highest BCUT2D eigenvalue weighted by atomic mass is 32.2. The van der Waals surface area contributed by atoms with Gasteiger partial charge in [0.15, 0.2) is 0 Å². The maximum absolute atomic E-state index is 12.3. The van der Waals surface area contributed by atoms with Crippen LogP contribution in [-0.2, 0) is 9.59 Å². The number of furan rings is 1. The third-order valence-corrected chi connectivity index (χ3v) is 4.13. The van der Waals surface area contributed by atoms with Gasteiger partial charge in [-0.25, -0.2) is 4.79 Å². The molecule has 7 heteroatoms. The van der Waals surface area contributed by atoms with Crippen molar-refractivity contribution < 1.29 is 19.1 Å². The molecule has 1 atom stereocenters. The van der Waals surface area contributed by atoms with Crippen LogP contribution in [0.4, 0.5) is 0 Å². The Morgan fingerprint density at radius 1 is 1.65 bits per heavy atom. The molecule has 1 aliphatic rings. The van der Waals surface area contributed by atoms with E-state index in [1.807, 2.05) is 6.92 Å². The number of aliphatic carboxylic acids is 1. The van der Waals surface area contributed by atoms with Crippen LogP contribution in [0.2, 0.25) is 0 Å². The van der Waals surface area contributed by atoms with Crippen LogP contribution in [0.25, 0.3) is 6.08 Å². The second kappa shape index (κ2) is 6.23. The van der Waals surface area contributed by atoms with Crippen molar-refractivity contribution in [1.82, 2.24) is 4.90 Å². The maximum Gasteiger partial charge on any atom is 0.326 e. The number of nitrogens with zero attached hydrogens (tertiary/aromatic N) is 1. The van der Waals surface area contributed by atoms with Gasteiger partial charge < -0.3 is 9.52 Å². The zero-order valence-corrected chi connectivity index (χ0v) is 12.4. The Kier molecular flexibility index (Phi) is 4.61. The van der Waals surface area contributed by atoms with Crippen LogP contribution in [0.1, 0.15) is 25.5 Å². The van der Waals surface area contributed by atoms with E-state index < -0.39 is 12.0 Å². The number of thiocarbonyl (C=S) groups is 1. The zero-order chi connectivity index (χ0) is 14.7. The largest absolute Gasteiger partial charge is 0.480 e. The normalized spacial score (nSPS) is 18.9. The van der Waals surface area contributed by atoms with Gasteiger partial charge in [-0.2, -0.15) is 0 Å². The monoisotopic (exact) mass is 311 g/mol. The van der Waals surface area contributed by atoms with Crippen molar-refractivity contribution >= 4 is 46.3 Å². The van der Waals surface area contributed by atoms with Gasteiger partial charge in [-0.05, 0) is 18.6 Å². The third-order valence-electron chi connectivity index (χ3n) is 2.80. The number of hydrogen-bond donors (Lipinski definition) is 1. The van der Waals surface area contributed by atoms with Crippen molar-refractivity contribution in [3.63, 3.8) is 0 Å². The smallest absolute Gasteiger partial charge is 0.326 e. The summed E-state index contributed by atoms with van der Waals surface area (Å²) >= 11 is 6.23. The first-order valence-corrected chi connectivity index (χ1v) is 7.30. The fourth-order valence-corrected chi connectivity index (χ4v) is 3.22. The number of hydrogen-bond acceptors (Lipinski definition) is 5. The summed E-state index contributed by atoms with van der Waals surface area (Å²) in [4.78, 5) is 25.2. The molecule has 0 bridgehead atoms. The van der Waals surface area contributed by atoms with Crippen LogP contribution < -0.4 is 0 Å². The molecule has 1 saturated heterocycles. The Morgan fingerprint density at radius 3 is 2.95 bits per heavy atom. The number of thioether (sulfide) groups is 1. The first kappa shape index (κ1) is 14.8. The molecule has 5 nitrogen and oxygen atoms in total. The average molecular weight is 311 g/mol. The molecule has 2 rings (SSSR count). The Balaban J connectivity index is 2.26. The number of rotatable bonds is 5. The summed E-state index contributed by atoms with van der Waals surface area (Å²) in [6.45, 7) is 1.87. The number of carbonyl (C=O) groups is 2. The summed E-state index contributed by atoms with van der Waals surface area (Å²) in [5.41, 5.74) is 0. The van der Waals surface area contributed by atoms with Crippen molar-refractivity contribution in [2.24, 2.45) is 0 Å². The van der Waals surface area contributed by atoms with Crippen LogP contribution in [0, 0.1) is 0 Å². The molecular weight excluding hydrogens is 298 g/mol. The van der Waals surface area contributed by atoms with E-state index in [4.69, 9.17) is 16.6 Å². The Labute approximate surface area is 125 Å². The lowest BCUT2D eigenvalue weighted by Crippen LogP contribution is -2.43. The molecule has 2 heterocycles. The standard InChI is InChI=1S/C13H13NO4S2/c1-2-4-9(12(16)17)14-11(15)10(20-13(14)19)7-8-5-3-6-18-8/h3,5-7,9H,2,4H2,1H3,(H,16,17)/b10-7+/t9-/m1/s1. The quantitative estimate of drug-likeness (QED) is 0.666. The fraction of sp³-hybridized carbons (Fsp3) is 0.308. The third kappa shape index (κ3) is 2.94. The molecule has 1 fully saturated rings. The highest BCUT2D eigenvalue weighted by molar-refractivity contribution is 8.26. The highest BCUT2D eigenvalue weighted by Gasteiger charge is 2.40. The molecule has 106 valence electrons. The lowest BCUT2D eigenvalue weighted by atomic mass is 10.1. The highest BCUT2D eigenvalue weighted by Crippen LogP contribution is 2.34. The molecule has 0 aliphatic carbocycles. The Hall–Kier alpha value is -1.60. The van der Waals surface area contributed by atoms with Gasteiger partial charge in [0.2, 0.25) is 0 Å². The summed E-state index contributed by atoms with van der Waals surface area (Å²) in [5.74, 6) is -0.882. The van der Waals surface area contributed by atoms with Crippen molar-refractivity contribution in [2.75, 3.05) is 0 Å². The minimum absolute atomic E-state index is 0.272. The molecule has 0 aromatic carbocycles. The van der Waals surface area contributed by atoms with E-state index in [0.717, 1.165) is 11.8 Å². The SMILES string of the molecule is CCC[C@H](C(=O)O)N1C(=O)/C(=C\c2ccco2)SC1=S. The van der Waals surface area contributed by atoms with Crippen LogP contribution in [-0.4, -0.2) is 32.2 Å².